The predicted molar refractivity (Wildman–Crippen MR) is 61.1 cm³/mol. The molecule has 1 aliphatic heterocycles. The maximum atomic E-state index is 11.3. The van der Waals surface area contributed by atoms with Crippen LogP contribution in [0.5, 0.6) is 0 Å². The maximum absolute atomic E-state index is 11.3. The van der Waals surface area contributed by atoms with Gasteiger partial charge in [0.25, 0.3) is 5.91 Å². The number of nitrogens with one attached hydrogen (secondary N) is 1. The van der Waals surface area contributed by atoms with Crippen LogP contribution < -0.4 is 5.32 Å². The minimum Gasteiger partial charge on any atom is -0.390 e. The Balaban J connectivity index is 2.63. The highest BCUT2D eigenvalue weighted by atomic mass is 16.5. The molecule has 0 aromatic carbocycles. The molecule has 0 aromatic heterocycles. The van der Waals surface area contributed by atoms with E-state index in [1.54, 1.807) is 11.9 Å². The summed E-state index contributed by atoms with van der Waals surface area (Å²) in [5, 5.41) is 11.5. The Kier molecular flexibility index (Phi) is 4.99. The van der Waals surface area contributed by atoms with Gasteiger partial charge >= 0.3 is 0 Å². The van der Waals surface area contributed by atoms with Gasteiger partial charge in [-0.05, 0) is 6.92 Å². The summed E-state index contributed by atoms with van der Waals surface area (Å²) in [6, 6.07) is 0. The molecule has 0 radical (unpaired) electrons. The molecule has 2 N–H and O–H groups in total. The van der Waals surface area contributed by atoms with E-state index in [-0.39, 0.29) is 6.42 Å². The van der Waals surface area contributed by atoms with Crippen molar-refractivity contribution in [2.45, 2.75) is 31.8 Å². The van der Waals surface area contributed by atoms with E-state index in [4.69, 9.17) is 4.74 Å². The van der Waals surface area contributed by atoms with E-state index in [9.17, 15) is 19.5 Å². The van der Waals surface area contributed by atoms with Crippen molar-refractivity contribution in [3.05, 3.63) is 11.8 Å². The molecule has 1 aliphatic rings. The largest absolute Gasteiger partial charge is 0.390 e. The molecule has 7 heteroatoms. The van der Waals surface area contributed by atoms with E-state index in [1.165, 1.54) is 13.1 Å². The van der Waals surface area contributed by atoms with Crippen LogP contribution in [0.3, 0.4) is 0 Å². The summed E-state index contributed by atoms with van der Waals surface area (Å²) in [6.07, 6.45) is 0.464. The van der Waals surface area contributed by atoms with Crippen molar-refractivity contribution in [2.75, 3.05) is 7.05 Å². The average Bonchev–Trinajstić information content (AvgIpc) is 2.70. The molecular weight excluding hydrogens is 240 g/mol. The Morgan fingerprint density at radius 1 is 1.50 bits per heavy atom. The van der Waals surface area contributed by atoms with Crippen LogP contribution in [0.4, 0.5) is 0 Å². The van der Waals surface area contributed by atoms with E-state index in [0.717, 1.165) is 0 Å². The third-order valence-electron chi connectivity index (χ3n) is 2.67. The lowest BCUT2D eigenvalue weighted by molar-refractivity contribution is -0.125. The molecule has 100 valence electrons. The monoisotopic (exact) mass is 256 g/mol. The molecule has 0 aliphatic carbocycles. The third-order valence-corrected chi connectivity index (χ3v) is 2.67. The van der Waals surface area contributed by atoms with Gasteiger partial charge in [0.05, 0.1) is 6.10 Å². The number of amides is 2. The van der Waals surface area contributed by atoms with E-state index in [2.05, 4.69) is 0 Å². The molecule has 18 heavy (non-hydrogen) atoms. The summed E-state index contributed by atoms with van der Waals surface area (Å²) in [5.41, 5.74) is 0.317. The van der Waals surface area contributed by atoms with Crippen molar-refractivity contribution in [1.29, 1.82) is 0 Å². The van der Waals surface area contributed by atoms with Crippen LogP contribution in [0.25, 0.3) is 0 Å². The Morgan fingerprint density at radius 3 is 2.67 bits per heavy atom. The van der Waals surface area contributed by atoms with Crippen LogP contribution >= 0.6 is 0 Å². The second-order valence-corrected chi connectivity index (χ2v) is 4.06. The Hall–Kier alpha value is -1.73. The van der Waals surface area contributed by atoms with E-state index < -0.39 is 24.3 Å². The van der Waals surface area contributed by atoms with Crippen LogP contribution in [0.2, 0.25) is 0 Å². The predicted octanol–water partition coefficient (Wildman–Crippen LogP) is -1.23. The number of hydrogen-bond donors (Lipinski definition) is 2. The molecule has 0 spiro atoms. The Morgan fingerprint density at radius 2 is 2.17 bits per heavy atom. The number of hydrogen-bond acceptors (Lipinski definition) is 6. The Bertz CT molecular complexity index is 368. The summed E-state index contributed by atoms with van der Waals surface area (Å²) >= 11 is 0. The summed E-state index contributed by atoms with van der Waals surface area (Å²) in [6.45, 7) is 1.54. The number of aldehydes is 1. The zero-order valence-corrected chi connectivity index (χ0v) is 10.2. The van der Waals surface area contributed by atoms with Crippen molar-refractivity contribution >= 4 is 18.6 Å². The van der Waals surface area contributed by atoms with Gasteiger partial charge in [-0.1, -0.05) is 0 Å². The lowest BCUT2D eigenvalue weighted by Crippen LogP contribution is -2.30. The highest BCUT2D eigenvalue weighted by Crippen LogP contribution is 2.21. The first-order valence-corrected chi connectivity index (χ1v) is 5.43. The first-order chi connectivity index (χ1) is 8.49. The fourth-order valence-electron chi connectivity index (χ4n) is 1.67. The van der Waals surface area contributed by atoms with Gasteiger partial charge in [-0.2, -0.15) is 0 Å². The topological polar surface area (TPSA) is 95.9 Å². The van der Waals surface area contributed by atoms with E-state index in [1.807, 2.05) is 5.32 Å². The van der Waals surface area contributed by atoms with Gasteiger partial charge in [0.15, 0.2) is 6.29 Å². The quantitative estimate of drug-likeness (QED) is 0.472. The van der Waals surface area contributed by atoms with Crippen LogP contribution in [-0.2, 0) is 19.1 Å². The molecule has 2 amide bonds. The number of rotatable bonds is 5. The average molecular weight is 256 g/mol. The molecule has 3 unspecified atom stereocenters. The summed E-state index contributed by atoms with van der Waals surface area (Å²) in [5.74, 6) is -0.512. The maximum Gasteiger partial charge on any atom is 0.254 e. The van der Waals surface area contributed by atoms with Gasteiger partial charge in [0, 0.05) is 25.2 Å². The lowest BCUT2D eigenvalue weighted by Gasteiger charge is -2.22. The second kappa shape index (κ2) is 6.27. The van der Waals surface area contributed by atoms with Gasteiger partial charge in [-0.25, -0.2) is 0 Å². The van der Waals surface area contributed by atoms with Crippen LogP contribution in [0, 0.1) is 0 Å². The Labute approximate surface area is 104 Å². The molecule has 0 aromatic rings. The number of aliphatic hydroxyl groups excluding tert-OH is 1. The molecule has 0 saturated carbocycles. The van der Waals surface area contributed by atoms with Crippen molar-refractivity contribution in [3.63, 3.8) is 0 Å². The standard InChI is InChI=1S/C11H16N2O5/c1-7(11(17)12-6-15)4-13(2)10-3-8(16)9(5-14)18-10/h4-6,8-10,16H,3H2,1-2H3,(H,12,15,17)/b7-4-. The molecule has 1 saturated heterocycles. The first kappa shape index (κ1) is 14.3. The first-order valence-electron chi connectivity index (χ1n) is 5.43. The fourth-order valence-corrected chi connectivity index (χ4v) is 1.67. The van der Waals surface area contributed by atoms with Gasteiger partial charge < -0.3 is 19.5 Å². The van der Waals surface area contributed by atoms with Crippen LogP contribution in [0.15, 0.2) is 11.8 Å². The van der Waals surface area contributed by atoms with Crippen molar-refractivity contribution in [2.24, 2.45) is 0 Å². The number of nitrogens with zero attached hydrogens (tertiary/aromatic N) is 1. The molecule has 3 atom stereocenters. The second-order valence-electron chi connectivity index (χ2n) is 4.06. The normalized spacial score (nSPS) is 27.7. The van der Waals surface area contributed by atoms with Gasteiger partial charge in [0.1, 0.15) is 12.3 Å². The lowest BCUT2D eigenvalue weighted by atomic mass is 10.2. The highest BCUT2D eigenvalue weighted by molar-refractivity contribution is 5.98. The number of aliphatic hydroxyl groups is 1. The molecular formula is C11H16N2O5. The van der Waals surface area contributed by atoms with Crippen molar-refractivity contribution in [3.8, 4) is 0 Å². The zero-order valence-electron chi connectivity index (χ0n) is 10.2. The van der Waals surface area contributed by atoms with E-state index in [0.29, 0.717) is 18.3 Å². The minimum atomic E-state index is -0.840. The summed E-state index contributed by atoms with van der Waals surface area (Å²) < 4.78 is 5.29. The number of ether oxygens (including phenoxy) is 1. The number of carbonyl (C=O) groups is 3. The van der Waals surface area contributed by atoms with Gasteiger partial charge in [0.2, 0.25) is 6.41 Å². The van der Waals surface area contributed by atoms with Crippen molar-refractivity contribution < 1.29 is 24.2 Å². The van der Waals surface area contributed by atoms with Crippen LogP contribution in [0.1, 0.15) is 13.3 Å². The number of imide groups is 1. The molecule has 1 fully saturated rings. The molecule has 1 heterocycles. The highest BCUT2D eigenvalue weighted by Gasteiger charge is 2.35. The van der Waals surface area contributed by atoms with Gasteiger partial charge in [-0.3, -0.25) is 14.9 Å². The fraction of sp³-hybridized carbons (Fsp3) is 0.545. The van der Waals surface area contributed by atoms with E-state index >= 15 is 0 Å². The minimum absolute atomic E-state index is 0.277. The molecule has 7 nitrogen and oxygen atoms in total. The smallest absolute Gasteiger partial charge is 0.254 e. The molecule has 1 rings (SSSR count). The zero-order chi connectivity index (χ0) is 13.7. The summed E-state index contributed by atoms with van der Waals surface area (Å²) in [7, 11) is 1.66. The SMILES string of the molecule is C/C(=C/N(C)C1CC(O)C(C=O)O1)C(=O)NC=O. The van der Waals surface area contributed by atoms with Gasteiger partial charge in [-0.15, -0.1) is 0 Å². The third kappa shape index (κ3) is 3.38. The summed E-state index contributed by atoms with van der Waals surface area (Å²) in [4.78, 5) is 33.6. The number of carbonyl (C=O) groups excluding carboxylic acids is 3. The molecule has 0 bridgehead atoms. The van der Waals surface area contributed by atoms with Crippen molar-refractivity contribution in [1.82, 2.24) is 10.2 Å². The van der Waals surface area contributed by atoms with Crippen LogP contribution in [-0.4, -0.2) is 54.1 Å².